The number of nitrogens with one attached hydrogen (secondary N) is 1. The van der Waals surface area contributed by atoms with Crippen LogP contribution in [0.5, 0.6) is 0 Å². The number of anilines is 2. The molecule has 5 heteroatoms. The van der Waals surface area contributed by atoms with Crippen LogP contribution in [0.3, 0.4) is 0 Å². The molecule has 0 unspecified atom stereocenters. The Morgan fingerprint density at radius 2 is 1.84 bits per heavy atom. The van der Waals surface area contributed by atoms with Crippen LogP contribution in [0.2, 0.25) is 0 Å². The Hall–Kier alpha value is -1.72. The number of pyridine rings is 1. The molecule has 0 aliphatic carbocycles. The molecule has 0 saturated carbocycles. The Balaban J connectivity index is 1.85. The first-order valence-electron chi connectivity index (χ1n) is 5.70. The molecule has 0 bridgehead atoms. The van der Waals surface area contributed by atoms with Gasteiger partial charge in [0.25, 0.3) is 0 Å². The zero-order valence-electron chi connectivity index (χ0n) is 9.88. The zero-order chi connectivity index (χ0) is 13.1. The van der Waals surface area contributed by atoms with Crippen molar-refractivity contribution in [3.05, 3.63) is 58.6 Å². The SMILES string of the molecule is Brc1ccccc1Nc1nc(-c2ccncc2)cs1. The van der Waals surface area contributed by atoms with Gasteiger partial charge in [0.05, 0.1) is 11.4 Å². The Kier molecular flexibility index (Phi) is 3.57. The number of thiazole rings is 1. The Bertz CT molecular complexity index is 682. The van der Waals surface area contributed by atoms with Gasteiger partial charge in [0.1, 0.15) is 0 Å². The average molecular weight is 332 g/mol. The van der Waals surface area contributed by atoms with Crippen LogP contribution in [-0.4, -0.2) is 9.97 Å². The third-order valence-corrected chi connectivity index (χ3v) is 4.04. The minimum Gasteiger partial charge on any atom is -0.331 e. The van der Waals surface area contributed by atoms with E-state index in [1.807, 2.05) is 41.8 Å². The standard InChI is InChI=1S/C14H10BrN3S/c15-11-3-1-2-4-12(11)17-14-18-13(9-19-14)10-5-7-16-8-6-10/h1-9H,(H,17,18). The Morgan fingerprint density at radius 3 is 2.63 bits per heavy atom. The third-order valence-electron chi connectivity index (χ3n) is 2.60. The fraction of sp³-hybridized carbons (Fsp3) is 0. The van der Waals surface area contributed by atoms with Crippen molar-refractivity contribution < 1.29 is 0 Å². The van der Waals surface area contributed by atoms with E-state index in [4.69, 9.17) is 0 Å². The maximum absolute atomic E-state index is 4.58. The molecule has 3 rings (SSSR count). The van der Waals surface area contributed by atoms with Gasteiger partial charge in [0.15, 0.2) is 5.13 Å². The molecular weight excluding hydrogens is 322 g/mol. The number of hydrogen-bond acceptors (Lipinski definition) is 4. The van der Waals surface area contributed by atoms with Gasteiger partial charge in [-0.25, -0.2) is 4.98 Å². The molecule has 0 atom stereocenters. The van der Waals surface area contributed by atoms with Crippen molar-refractivity contribution in [2.45, 2.75) is 0 Å². The molecule has 0 saturated heterocycles. The van der Waals surface area contributed by atoms with Gasteiger partial charge in [0.2, 0.25) is 0 Å². The summed E-state index contributed by atoms with van der Waals surface area (Å²) >= 11 is 5.10. The summed E-state index contributed by atoms with van der Waals surface area (Å²) in [5, 5.41) is 6.22. The normalized spacial score (nSPS) is 10.4. The van der Waals surface area contributed by atoms with E-state index in [1.54, 1.807) is 23.7 Å². The van der Waals surface area contributed by atoms with Crippen molar-refractivity contribution in [1.82, 2.24) is 9.97 Å². The molecule has 2 heterocycles. The van der Waals surface area contributed by atoms with E-state index >= 15 is 0 Å². The second-order valence-electron chi connectivity index (χ2n) is 3.88. The van der Waals surface area contributed by atoms with Crippen LogP contribution in [-0.2, 0) is 0 Å². The summed E-state index contributed by atoms with van der Waals surface area (Å²) < 4.78 is 1.02. The molecule has 1 N–H and O–H groups in total. The summed E-state index contributed by atoms with van der Waals surface area (Å²) in [5.74, 6) is 0. The van der Waals surface area contributed by atoms with Crippen LogP contribution in [0.1, 0.15) is 0 Å². The molecule has 0 aliphatic heterocycles. The van der Waals surface area contributed by atoms with Crippen molar-refractivity contribution in [3.8, 4) is 11.3 Å². The number of nitrogens with zero attached hydrogens (tertiary/aromatic N) is 2. The highest BCUT2D eigenvalue weighted by Crippen LogP contribution is 2.29. The lowest BCUT2D eigenvalue weighted by molar-refractivity contribution is 1.31. The molecule has 0 spiro atoms. The summed E-state index contributed by atoms with van der Waals surface area (Å²) in [6.07, 6.45) is 3.55. The van der Waals surface area contributed by atoms with Gasteiger partial charge in [0, 0.05) is 27.8 Å². The zero-order valence-corrected chi connectivity index (χ0v) is 12.3. The smallest absolute Gasteiger partial charge is 0.187 e. The van der Waals surface area contributed by atoms with Crippen molar-refractivity contribution in [2.24, 2.45) is 0 Å². The molecule has 2 aromatic heterocycles. The van der Waals surface area contributed by atoms with Crippen LogP contribution in [0.4, 0.5) is 10.8 Å². The minimum absolute atomic E-state index is 0.874. The van der Waals surface area contributed by atoms with Gasteiger partial charge in [-0.3, -0.25) is 4.98 Å². The average Bonchev–Trinajstić information content (AvgIpc) is 2.91. The maximum Gasteiger partial charge on any atom is 0.187 e. The predicted octanol–water partition coefficient (Wildman–Crippen LogP) is 4.71. The molecule has 0 amide bonds. The second-order valence-corrected chi connectivity index (χ2v) is 5.59. The van der Waals surface area contributed by atoms with Crippen LogP contribution in [0.25, 0.3) is 11.3 Å². The summed E-state index contributed by atoms with van der Waals surface area (Å²) in [4.78, 5) is 8.59. The maximum atomic E-state index is 4.58. The molecule has 3 aromatic rings. The number of aromatic nitrogens is 2. The number of benzene rings is 1. The number of halogens is 1. The van der Waals surface area contributed by atoms with E-state index in [-0.39, 0.29) is 0 Å². The lowest BCUT2D eigenvalue weighted by Gasteiger charge is -2.04. The van der Waals surface area contributed by atoms with Gasteiger partial charge in [-0.15, -0.1) is 11.3 Å². The van der Waals surface area contributed by atoms with Crippen molar-refractivity contribution in [3.63, 3.8) is 0 Å². The molecule has 0 aliphatic rings. The summed E-state index contributed by atoms with van der Waals surface area (Å²) in [5.41, 5.74) is 3.05. The predicted molar refractivity (Wildman–Crippen MR) is 82.8 cm³/mol. The van der Waals surface area contributed by atoms with E-state index in [9.17, 15) is 0 Å². The largest absolute Gasteiger partial charge is 0.331 e. The van der Waals surface area contributed by atoms with Crippen LogP contribution < -0.4 is 5.32 Å². The highest BCUT2D eigenvalue weighted by Gasteiger charge is 2.05. The van der Waals surface area contributed by atoms with Gasteiger partial charge in [-0.2, -0.15) is 0 Å². The fourth-order valence-corrected chi connectivity index (χ4v) is 2.78. The Morgan fingerprint density at radius 1 is 1.05 bits per heavy atom. The highest BCUT2D eigenvalue weighted by atomic mass is 79.9. The van der Waals surface area contributed by atoms with Crippen molar-refractivity contribution in [2.75, 3.05) is 5.32 Å². The monoisotopic (exact) mass is 331 g/mol. The number of rotatable bonds is 3. The first-order valence-corrected chi connectivity index (χ1v) is 7.38. The molecular formula is C14H10BrN3S. The summed E-state index contributed by atoms with van der Waals surface area (Å²) in [7, 11) is 0. The van der Waals surface area contributed by atoms with E-state index in [0.717, 1.165) is 26.5 Å². The fourth-order valence-electron chi connectivity index (χ4n) is 1.66. The van der Waals surface area contributed by atoms with Crippen LogP contribution in [0.15, 0.2) is 58.6 Å². The number of hydrogen-bond donors (Lipinski definition) is 1. The minimum atomic E-state index is 0.874. The van der Waals surface area contributed by atoms with Gasteiger partial charge in [-0.05, 0) is 40.2 Å². The van der Waals surface area contributed by atoms with Crippen LogP contribution in [0, 0.1) is 0 Å². The van der Waals surface area contributed by atoms with E-state index < -0.39 is 0 Å². The van der Waals surface area contributed by atoms with E-state index in [1.165, 1.54) is 0 Å². The van der Waals surface area contributed by atoms with Crippen LogP contribution >= 0.6 is 27.3 Å². The molecule has 1 aromatic carbocycles. The number of para-hydroxylation sites is 1. The lowest BCUT2D eigenvalue weighted by atomic mass is 10.2. The molecule has 19 heavy (non-hydrogen) atoms. The third kappa shape index (κ3) is 2.83. The Labute approximate surface area is 123 Å². The van der Waals surface area contributed by atoms with Crippen molar-refractivity contribution in [1.29, 1.82) is 0 Å². The lowest BCUT2D eigenvalue weighted by Crippen LogP contribution is -1.90. The highest BCUT2D eigenvalue weighted by molar-refractivity contribution is 9.10. The second kappa shape index (κ2) is 5.50. The summed E-state index contributed by atoms with van der Waals surface area (Å²) in [6.45, 7) is 0. The topological polar surface area (TPSA) is 37.8 Å². The summed E-state index contributed by atoms with van der Waals surface area (Å²) in [6, 6.07) is 11.9. The molecule has 3 nitrogen and oxygen atoms in total. The van der Waals surface area contributed by atoms with E-state index in [0.29, 0.717) is 0 Å². The first-order chi connectivity index (χ1) is 9.33. The van der Waals surface area contributed by atoms with Gasteiger partial charge < -0.3 is 5.32 Å². The van der Waals surface area contributed by atoms with E-state index in [2.05, 4.69) is 31.2 Å². The van der Waals surface area contributed by atoms with Gasteiger partial charge in [-0.1, -0.05) is 12.1 Å². The first kappa shape index (κ1) is 12.3. The quantitative estimate of drug-likeness (QED) is 0.755. The molecule has 94 valence electrons. The van der Waals surface area contributed by atoms with Crippen molar-refractivity contribution >= 4 is 38.1 Å². The molecule has 0 fully saturated rings. The molecule has 0 radical (unpaired) electrons. The van der Waals surface area contributed by atoms with Gasteiger partial charge >= 0.3 is 0 Å².